The zero-order chi connectivity index (χ0) is 43.1. The quantitative estimate of drug-likeness (QED) is 0.0712. The minimum absolute atomic E-state index is 0.0308. The van der Waals surface area contributed by atoms with Crippen molar-refractivity contribution >= 4 is 52.3 Å². The van der Waals surface area contributed by atoms with E-state index < -0.39 is 59.5 Å². The van der Waals surface area contributed by atoms with Gasteiger partial charge in [-0.1, -0.05) is 66.7 Å². The number of hydrogen-bond acceptors (Lipinski definition) is 8. The van der Waals surface area contributed by atoms with Gasteiger partial charge in [0.25, 0.3) is 5.91 Å². The number of carbonyl (C=O) groups is 6. The predicted octanol–water partition coefficient (Wildman–Crippen LogP) is 4.92. The second-order valence-electron chi connectivity index (χ2n) is 15.6. The number of imide groups is 1. The number of fused-ring (bicyclic) bond motifs is 1. The minimum atomic E-state index is -1.35. The SMILES string of the molecule is Cc1ccccc1NC(=O)N(C(=O)[C@H](Cc1c[nH]c2ccccc12)NC(=O)OC(C)(C)C)[C@@H](CCCCN)C(=O)N(C)CCCC(=O)N[C@@H](Cc1ccccc1)C(N)=O. The number of amides is 7. The number of aryl methyl sites for hydroxylation is 1. The molecule has 0 saturated carbocycles. The fourth-order valence-corrected chi connectivity index (χ4v) is 6.65. The highest BCUT2D eigenvalue weighted by atomic mass is 16.6. The summed E-state index contributed by atoms with van der Waals surface area (Å²) in [6.07, 6.45) is 2.19. The van der Waals surface area contributed by atoms with E-state index in [0.29, 0.717) is 30.6 Å². The fourth-order valence-electron chi connectivity index (χ4n) is 6.65. The van der Waals surface area contributed by atoms with E-state index in [0.717, 1.165) is 26.9 Å². The third-order valence-electron chi connectivity index (χ3n) is 9.69. The van der Waals surface area contributed by atoms with E-state index in [1.165, 1.54) is 11.9 Å². The van der Waals surface area contributed by atoms with E-state index >= 15 is 4.79 Å². The standard InChI is InChI=1S/C44H58N8O7/c1-29-16-9-11-20-33(29)49-42(57)52(40(55)36(50-43(58)59-44(2,3)4)27-31-28-47-34-21-12-10-19-32(31)34)37(22-13-14-24-45)41(56)51(5)25-15-23-38(53)48-35(39(46)54)26-30-17-7-6-8-18-30/h6-12,16-21,28,35-37,47H,13-15,22-27,45H2,1-5H3,(H2,46,54)(H,48,53)(H,49,57)(H,50,58)/t35-,36-,37-/m0/s1. The number of carbonyl (C=O) groups excluding carboxylic acids is 6. The van der Waals surface area contributed by atoms with Crippen LogP contribution in [0.3, 0.4) is 0 Å². The number of H-pyrrole nitrogens is 1. The molecule has 8 N–H and O–H groups in total. The lowest BCUT2D eigenvalue weighted by Crippen LogP contribution is -2.60. The summed E-state index contributed by atoms with van der Waals surface area (Å²) in [6, 6.07) is 19.2. The molecule has 3 atom stereocenters. The molecule has 1 aromatic heterocycles. The lowest BCUT2D eigenvalue weighted by Gasteiger charge is -2.35. The molecule has 3 aromatic carbocycles. The first-order valence-electron chi connectivity index (χ1n) is 19.9. The van der Waals surface area contributed by atoms with Crippen molar-refractivity contribution in [2.24, 2.45) is 11.5 Å². The van der Waals surface area contributed by atoms with Crippen molar-refractivity contribution in [1.82, 2.24) is 25.4 Å². The van der Waals surface area contributed by atoms with Gasteiger partial charge in [-0.2, -0.15) is 0 Å². The van der Waals surface area contributed by atoms with Crippen LogP contribution in [0.4, 0.5) is 15.3 Å². The van der Waals surface area contributed by atoms with Gasteiger partial charge < -0.3 is 42.0 Å². The first-order chi connectivity index (χ1) is 28.1. The van der Waals surface area contributed by atoms with Crippen LogP contribution in [0.2, 0.25) is 0 Å². The number of rotatable bonds is 19. The van der Waals surface area contributed by atoms with Crippen LogP contribution in [0, 0.1) is 6.92 Å². The van der Waals surface area contributed by atoms with E-state index in [9.17, 15) is 24.0 Å². The number of para-hydroxylation sites is 2. The monoisotopic (exact) mass is 810 g/mol. The lowest BCUT2D eigenvalue weighted by molar-refractivity contribution is -0.143. The smallest absolute Gasteiger partial charge is 0.408 e. The second kappa shape index (κ2) is 21.5. The molecule has 0 unspecified atom stereocenters. The molecule has 1 heterocycles. The Morgan fingerprint density at radius 1 is 0.814 bits per heavy atom. The average Bonchev–Trinajstić information content (AvgIpc) is 3.59. The van der Waals surface area contributed by atoms with Crippen LogP contribution in [0.1, 0.15) is 69.6 Å². The molecular weight excluding hydrogens is 753 g/mol. The van der Waals surface area contributed by atoms with Crippen molar-refractivity contribution in [3.8, 4) is 0 Å². The summed E-state index contributed by atoms with van der Waals surface area (Å²) in [7, 11) is 1.53. The Bertz CT molecular complexity index is 2060. The Morgan fingerprint density at radius 2 is 1.49 bits per heavy atom. The summed E-state index contributed by atoms with van der Waals surface area (Å²) in [4.78, 5) is 87.9. The van der Waals surface area contributed by atoms with Crippen LogP contribution in [-0.4, -0.2) is 94.4 Å². The van der Waals surface area contributed by atoms with E-state index in [1.54, 1.807) is 52.1 Å². The van der Waals surface area contributed by atoms with E-state index in [-0.39, 0.29) is 38.6 Å². The zero-order valence-electron chi connectivity index (χ0n) is 34.6. The number of aromatic amines is 1. The molecule has 0 bridgehead atoms. The lowest BCUT2D eigenvalue weighted by atomic mass is 10.0. The summed E-state index contributed by atoms with van der Waals surface area (Å²) in [6.45, 7) is 7.27. The number of unbranched alkanes of at least 4 members (excludes halogenated alkanes) is 1. The number of aromatic nitrogens is 1. The molecule has 4 rings (SSSR count). The number of anilines is 1. The Labute approximate surface area is 345 Å². The number of likely N-dealkylation sites (N-methyl/N-ethyl adjacent to an activating group) is 1. The molecule has 0 saturated heterocycles. The molecule has 0 radical (unpaired) electrons. The summed E-state index contributed by atoms with van der Waals surface area (Å²) in [5.74, 6) is -2.49. The van der Waals surface area contributed by atoms with Gasteiger partial charge in [0.2, 0.25) is 17.7 Å². The molecule has 59 heavy (non-hydrogen) atoms. The number of alkyl carbamates (subject to hydrolysis) is 1. The van der Waals surface area contributed by atoms with Gasteiger partial charge in [0.05, 0.1) is 0 Å². The van der Waals surface area contributed by atoms with Crippen molar-refractivity contribution < 1.29 is 33.5 Å². The maximum absolute atomic E-state index is 15.0. The van der Waals surface area contributed by atoms with Gasteiger partial charge in [-0.05, 0) is 88.7 Å². The first kappa shape index (κ1) is 45.5. The van der Waals surface area contributed by atoms with Crippen LogP contribution in [-0.2, 0) is 36.8 Å². The van der Waals surface area contributed by atoms with Crippen LogP contribution >= 0.6 is 0 Å². The Morgan fingerprint density at radius 3 is 2.17 bits per heavy atom. The number of primary amides is 1. The molecular formula is C44H58N8O7. The zero-order valence-corrected chi connectivity index (χ0v) is 34.6. The predicted molar refractivity (Wildman–Crippen MR) is 227 cm³/mol. The number of nitrogens with two attached hydrogens (primary N) is 2. The summed E-state index contributed by atoms with van der Waals surface area (Å²) < 4.78 is 5.56. The van der Waals surface area contributed by atoms with E-state index in [1.807, 2.05) is 60.7 Å². The normalized spacial score (nSPS) is 12.8. The molecule has 0 aliphatic carbocycles. The summed E-state index contributed by atoms with van der Waals surface area (Å²) in [5.41, 5.74) is 14.0. The number of urea groups is 1. The van der Waals surface area contributed by atoms with Crippen molar-refractivity contribution in [2.45, 2.75) is 96.4 Å². The van der Waals surface area contributed by atoms with Gasteiger partial charge in [0.1, 0.15) is 23.7 Å². The topological polar surface area (TPSA) is 222 Å². The van der Waals surface area contributed by atoms with Crippen molar-refractivity contribution in [3.63, 3.8) is 0 Å². The first-order valence-corrected chi connectivity index (χ1v) is 19.9. The summed E-state index contributed by atoms with van der Waals surface area (Å²) in [5, 5.41) is 9.02. The minimum Gasteiger partial charge on any atom is -0.444 e. The van der Waals surface area contributed by atoms with Gasteiger partial charge in [0.15, 0.2) is 0 Å². The third kappa shape index (κ3) is 13.7. The Hall–Kier alpha value is -6.22. The van der Waals surface area contributed by atoms with Gasteiger partial charge in [-0.3, -0.25) is 19.2 Å². The number of ether oxygens (including phenoxy) is 1. The highest BCUT2D eigenvalue weighted by Gasteiger charge is 2.40. The fraction of sp³-hybridized carbons (Fsp3) is 0.409. The Balaban J connectivity index is 1.64. The van der Waals surface area contributed by atoms with E-state index in [4.69, 9.17) is 16.2 Å². The molecule has 7 amide bonds. The van der Waals surface area contributed by atoms with Gasteiger partial charge in [0, 0.05) is 55.6 Å². The highest BCUT2D eigenvalue weighted by Crippen LogP contribution is 2.23. The number of nitrogens with one attached hydrogen (secondary N) is 4. The van der Waals surface area contributed by atoms with E-state index in [2.05, 4.69) is 20.9 Å². The van der Waals surface area contributed by atoms with Crippen LogP contribution in [0.5, 0.6) is 0 Å². The molecule has 15 nitrogen and oxygen atoms in total. The van der Waals surface area contributed by atoms with Gasteiger partial charge >= 0.3 is 12.1 Å². The van der Waals surface area contributed by atoms with Crippen LogP contribution in [0.25, 0.3) is 10.9 Å². The number of hydrogen-bond donors (Lipinski definition) is 6. The molecule has 4 aromatic rings. The molecule has 316 valence electrons. The number of nitrogens with zero attached hydrogens (tertiary/aromatic N) is 2. The van der Waals surface area contributed by atoms with Crippen molar-refractivity contribution in [1.29, 1.82) is 0 Å². The van der Waals surface area contributed by atoms with Crippen LogP contribution in [0.15, 0.2) is 85.1 Å². The average molecular weight is 811 g/mol. The third-order valence-corrected chi connectivity index (χ3v) is 9.69. The Kier molecular flexibility index (Phi) is 16.6. The van der Waals surface area contributed by atoms with Crippen molar-refractivity contribution in [2.75, 3.05) is 25.5 Å². The molecule has 0 fully saturated rings. The number of benzene rings is 3. The summed E-state index contributed by atoms with van der Waals surface area (Å²) >= 11 is 0. The maximum atomic E-state index is 15.0. The van der Waals surface area contributed by atoms with Gasteiger partial charge in [-0.25, -0.2) is 14.5 Å². The largest absolute Gasteiger partial charge is 0.444 e. The second-order valence-corrected chi connectivity index (χ2v) is 15.6. The van der Waals surface area contributed by atoms with Crippen molar-refractivity contribution in [3.05, 3.63) is 102 Å². The maximum Gasteiger partial charge on any atom is 0.408 e. The highest BCUT2D eigenvalue weighted by molar-refractivity contribution is 6.07. The molecule has 0 aliphatic heterocycles. The van der Waals surface area contributed by atoms with Gasteiger partial charge in [-0.15, -0.1) is 0 Å². The molecule has 0 aliphatic rings. The molecule has 15 heteroatoms. The molecule has 0 spiro atoms. The van der Waals surface area contributed by atoms with Crippen LogP contribution < -0.4 is 27.4 Å².